The zero-order valence-corrected chi connectivity index (χ0v) is 19.7. The largest absolute Gasteiger partial charge is 0.381 e. The molecule has 3 aliphatic heterocycles. The first-order chi connectivity index (χ1) is 16.4. The third-order valence-electron chi connectivity index (χ3n) is 7.09. The van der Waals surface area contributed by atoms with Gasteiger partial charge in [0, 0.05) is 31.9 Å². The predicted octanol–water partition coefficient (Wildman–Crippen LogP) is 3.15. The number of ether oxygens (including phenoxy) is 2. The number of rotatable bonds is 5. The highest BCUT2D eigenvalue weighted by molar-refractivity contribution is 6.36. The van der Waals surface area contributed by atoms with Crippen molar-refractivity contribution in [2.75, 3.05) is 32.9 Å². The van der Waals surface area contributed by atoms with Crippen molar-refractivity contribution in [1.29, 1.82) is 0 Å². The van der Waals surface area contributed by atoms with Crippen molar-refractivity contribution in [1.82, 2.24) is 14.7 Å². The Hall–Kier alpha value is -2.65. The number of halogens is 1. The molecular weight excluding hydrogens is 439 g/mol. The van der Waals surface area contributed by atoms with E-state index in [0.29, 0.717) is 50.4 Å². The molecule has 2 fully saturated rings. The van der Waals surface area contributed by atoms with Gasteiger partial charge in [-0.25, -0.2) is 9.38 Å². The molecule has 0 saturated carbocycles. The Labute approximate surface area is 198 Å². The average Bonchev–Trinajstić information content (AvgIpc) is 3.29. The summed E-state index contributed by atoms with van der Waals surface area (Å²) in [6.07, 6.45) is 7.47. The molecule has 1 aromatic heterocycles. The van der Waals surface area contributed by atoms with Crippen LogP contribution in [-0.2, 0) is 14.3 Å². The summed E-state index contributed by atoms with van der Waals surface area (Å²) in [5.41, 5.74) is 3.51. The van der Waals surface area contributed by atoms with Crippen molar-refractivity contribution >= 4 is 23.1 Å². The first-order valence-corrected chi connectivity index (χ1v) is 12.2. The van der Waals surface area contributed by atoms with E-state index < -0.39 is 12.1 Å². The van der Waals surface area contributed by atoms with Crippen LogP contribution in [0.5, 0.6) is 0 Å². The Morgan fingerprint density at radius 3 is 2.71 bits per heavy atom. The molecule has 4 aliphatic rings. The summed E-state index contributed by atoms with van der Waals surface area (Å²) in [5, 5.41) is 4.55. The van der Waals surface area contributed by atoms with E-state index in [0.717, 1.165) is 29.7 Å². The number of fused-ring (bicyclic) bond motifs is 3. The minimum absolute atomic E-state index is 0.0110. The first-order valence-electron chi connectivity index (χ1n) is 12.2. The second-order valence-corrected chi connectivity index (χ2v) is 9.58. The quantitative estimate of drug-likeness (QED) is 0.660. The number of amides is 2. The van der Waals surface area contributed by atoms with E-state index >= 15 is 0 Å². The molecule has 1 unspecified atom stereocenters. The number of alkyl halides is 1. The molecule has 0 N–H and O–H groups in total. The lowest BCUT2D eigenvalue weighted by molar-refractivity contribution is -0.135. The van der Waals surface area contributed by atoms with E-state index in [1.54, 1.807) is 6.20 Å². The maximum atomic E-state index is 13.5. The van der Waals surface area contributed by atoms with Crippen LogP contribution >= 0.6 is 0 Å². The number of hydrogen-bond donors (Lipinski definition) is 0. The number of carbonyl (C=O) groups excluding carboxylic acids is 2. The molecule has 182 valence electrons. The molecule has 2 atom stereocenters. The smallest absolute Gasteiger partial charge is 0.281 e. The molecule has 4 heterocycles. The van der Waals surface area contributed by atoms with Crippen molar-refractivity contribution in [2.45, 2.75) is 57.8 Å². The highest BCUT2D eigenvalue weighted by Crippen LogP contribution is 2.37. The number of carbonyl (C=O) groups is 2. The number of aromatic nitrogens is 2. The van der Waals surface area contributed by atoms with E-state index in [1.807, 2.05) is 28.7 Å². The summed E-state index contributed by atoms with van der Waals surface area (Å²) in [6.45, 7) is 5.99. The third-order valence-corrected chi connectivity index (χ3v) is 7.09. The maximum Gasteiger partial charge on any atom is 0.281 e. The van der Waals surface area contributed by atoms with Gasteiger partial charge < -0.3 is 14.4 Å². The monoisotopic (exact) mass is 470 g/mol. The predicted molar refractivity (Wildman–Crippen MR) is 124 cm³/mol. The SMILES string of the molecule is CC1=CC2=NC(=O)c3cnn(C4CCOCC4)c3C2=CC1C(=O)N1CCC(OC[C@H](C)F)CC1. The standard InChI is InChI=1S/C25H31FN4O4/c1-15-11-22-20(12-19(15)25(32)29-7-3-18(4-8-29)34-14-16(2)26)23-21(24(31)28-22)13-27-30(23)17-5-9-33-10-6-17/h11-13,16-19H,3-10,14H2,1-2H3/t16-,19?/m0/s1. The molecule has 34 heavy (non-hydrogen) atoms. The fraction of sp³-hybridized carbons (Fsp3) is 0.600. The molecule has 5 rings (SSSR count). The van der Waals surface area contributed by atoms with Crippen molar-refractivity contribution in [3.63, 3.8) is 0 Å². The summed E-state index contributed by atoms with van der Waals surface area (Å²) in [5.74, 6) is -0.677. The second kappa shape index (κ2) is 9.54. The van der Waals surface area contributed by atoms with Gasteiger partial charge in [-0.3, -0.25) is 14.3 Å². The van der Waals surface area contributed by atoms with Crippen molar-refractivity contribution < 1.29 is 23.5 Å². The van der Waals surface area contributed by atoms with Gasteiger partial charge in [0.05, 0.1) is 47.8 Å². The molecule has 8 nitrogen and oxygen atoms in total. The lowest BCUT2D eigenvalue weighted by Gasteiger charge is -2.35. The molecule has 9 heteroatoms. The summed E-state index contributed by atoms with van der Waals surface area (Å²) >= 11 is 0. The third kappa shape index (κ3) is 4.38. The summed E-state index contributed by atoms with van der Waals surface area (Å²) < 4.78 is 26.1. The van der Waals surface area contributed by atoms with Gasteiger partial charge in [-0.1, -0.05) is 11.6 Å². The molecule has 0 spiro atoms. The molecule has 1 aliphatic carbocycles. The molecule has 2 saturated heterocycles. The van der Waals surface area contributed by atoms with Crippen molar-refractivity contribution in [2.24, 2.45) is 10.9 Å². The van der Waals surface area contributed by atoms with Crippen molar-refractivity contribution in [3.8, 4) is 0 Å². The minimum atomic E-state index is -0.987. The van der Waals surface area contributed by atoms with Gasteiger partial charge in [-0.2, -0.15) is 5.10 Å². The Morgan fingerprint density at radius 2 is 2.00 bits per heavy atom. The van der Waals surface area contributed by atoms with E-state index in [2.05, 4.69) is 10.1 Å². The topological polar surface area (TPSA) is 86.0 Å². The number of allylic oxidation sites excluding steroid dienone is 2. The van der Waals surface area contributed by atoms with Crippen LogP contribution in [-0.4, -0.2) is 77.4 Å². The van der Waals surface area contributed by atoms with Gasteiger partial charge in [0.15, 0.2) is 0 Å². The van der Waals surface area contributed by atoms with Crippen LogP contribution in [0.15, 0.2) is 28.9 Å². The number of likely N-dealkylation sites (tertiary alicyclic amines) is 1. The number of piperidine rings is 1. The van der Waals surface area contributed by atoms with Gasteiger partial charge in [-0.05, 0) is 45.6 Å². The Balaban J connectivity index is 1.38. The lowest BCUT2D eigenvalue weighted by Crippen LogP contribution is -2.44. The molecular formula is C25H31FN4O4. The molecule has 0 aromatic carbocycles. The van der Waals surface area contributed by atoms with Crippen LogP contribution in [0.25, 0.3) is 5.57 Å². The Morgan fingerprint density at radius 1 is 1.26 bits per heavy atom. The van der Waals surface area contributed by atoms with Crippen LogP contribution in [0.2, 0.25) is 0 Å². The zero-order chi connectivity index (χ0) is 23.8. The van der Waals surface area contributed by atoms with E-state index in [1.165, 1.54) is 6.92 Å². The van der Waals surface area contributed by atoms with Crippen molar-refractivity contribution in [3.05, 3.63) is 35.2 Å². The first kappa shape index (κ1) is 23.1. The van der Waals surface area contributed by atoms with Crippen LogP contribution in [0, 0.1) is 5.92 Å². The Kier molecular flexibility index (Phi) is 6.48. The van der Waals surface area contributed by atoms with Gasteiger partial charge >= 0.3 is 0 Å². The van der Waals surface area contributed by atoms with Gasteiger partial charge in [0.1, 0.15) is 6.17 Å². The number of aliphatic imine (C=N–C) groups is 1. The second-order valence-electron chi connectivity index (χ2n) is 9.58. The normalized spacial score (nSPS) is 24.7. The van der Waals surface area contributed by atoms with Crippen LogP contribution in [0.1, 0.15) is 61.6 Å². The van der Waals surface area contributed by atoms with Crippen LogP contribution in [0.4, 0.5) is 4.39 Å². The summed E-state index contributed by atoms with van der Waals surface area (Å²) in [4.78, 5) is 32.4. The molecule has 0 radical (unpaired) electrons. The fourth-order valence-electron chi connectivity index (χ4n) is 5.20. The van der Waals surface area contributed by atoms with E-state index in [9.17, 15) is 14.0 Å². The van der Waals surface area contributed by atoms with Crippen LogP contribution in [0.3, 0.4) is 0 Å². The fourth-order valence-corrected chi connectivity index (χ4v) is 5.20. The zero-order valence-electron chi connectivity index (χ0n) is 19.7. The van der Waals surface area contributed by atoms with Gasteiger partial charge in [0.25, 0.3) is 5.91 Å². The highest BCUT2D eigenvalue weighted by atomic mass is 19.1. The summed E-state index contributed by atoms with van der Waals surface area (Å²) in [6, 6.07) is 0.151. The average molecular weight is 471 g/mol. The van der Waals surface area contributed by atoms with Crippen LogP contribution < -0.4 is 0 Å². The maximum absolute atomic E-state index is 13.5. The molecule has 1 aromatic rings. The Bertz CT molecular complexity index is 1060. The molecule has 2 amide bonds. The molecule has 0 bridgehead atoms. The lowest BCUT2D eigenvalue weighted by atomic mass is 9.84. The number of hydrogen-bond acceptors (Lipinski definition) is 5. The highest BCUT2D eigenvalue weighted by Gasteiger charge is 2.36. The summed E-state index contributed by atoms with van der Waals surface area (Å²) in [7, 11) is 0. The van der Waals surface area contributed by atoms with E-state index in [4.69, 9.17) is 9.47 Å². The van der Waals surface area contributed by atoms with E-state index in [-0.39, 0.29) is 30.6 Å². The minimum Gasteiger partial charge on any atom is -0.381 e. The van der Waals surface area contributed by atoms with Gasteiger partial charge in [0.2, 0.25) is 5.91 Å². The van der Waals surface area contributed by atoms with Gasteiger partial charge in [-0.15, -0.1) is 0 Å². The number of nitrogens with zero attached hydrogens (tertiary/aromatic N) is 4.